The van der Waals surface area contributed by atoms with Crippen molar-refractivity contribution in [2.75, 3.05) is 20.1 Å². The summed E-state index contributed by atoms with van der Waals surface area (Å²) in [4.78, 5) is 2.37. The van der Waals surface area contributed by atoms with Crippen LogP contribution in [0.2, 0.25) is 0 Å². The van der Waals surface area contributed by atoms with Crippen LogP contribution in [0, 0.1) is 0 Å². The van der Waals surface area contributed by atoms with E-state index in [0.717, 1.165) is 25.1 Å². The number of phenolic OH excluding ortho intramolecular Hbond substituents is 1. The van der Waals surface area contributed by atoms with E-state index in [0.29, 0.717) is 11.8 Å². The largest absolute Gasteiger partial charge is 0.508 e. The first-order valence-electron chi connectivity index (χ1n) is 6.93. The van der Waals surface area contributed by atoms with E-state index in [-0.39, 0.29) is 6.04 Å². The van der Waals surface area contributed by atoms with Gasteiger partial charge in [0.1, 0.15) is 5.75 Å². The molecule has 0 radical (unpaired) electrons. The van der Waals surface area contributed by atoms with Crippen LogP contribution in [0.3, 0.4) is 0 Å². The van der Waals surface area contributed by atoms with E-state index in [4.69, 9.17) is 0 Å². The maximum Gasteiger partial charge on any atom is 0.120 e. The number of hydrogen-bond acceptors (Lipinski definition) is 3. The number of likely N-dealkylation sites (tertiary alicyclic amines) is 1. The Labute approximate surface area is 110 Å². The molecule has 1 unspecified atom stereocenters. The number of phenols is 1. The number of benzene rings is 1. The Morgan fingerprint density at radius 3 is 2.61 bits per heavy atom. The van der Waals surface area contributed by atoms with Crippen molar-refractivity contribution in [2.45, 2.75) is 38.3 Å². The highest BCUT2D eigenvalue weighted by molar-refractivity contribution is 5.34. The minimum Gasteiger partial charge on any atom is -0.508 e. The van der Waals surface area contributed by atoms with Gasteiger partial charge in [0, 0.05) is 17.6 Å². The third kappa shape index (κ3) is 3.24. The highest BCUT2D eigenvalue weighted by atomic mass is 16.3. The molecule has 1 aromatic rings. The fourth-order valence-corrected chi connectivity index (χ4v) is 2.67. The van der Waals surface area contributed by atoms with Crippen LogP contribution < -0.4 is 5.32 Å². The number of aromatic hydroxyl groups is 1. The first kappa shape index (κ1) is 13.4. The van der Waals surface area contributed by atoms with Crippen LogP contribution in [0.25, 0.3) is 0 Å². The molecule has 3 nitrogen and oxygen atoms in total. The lowest BCUT2D eigenvalue weighted by Crippen LogP contribution is -2.42. The molecule has 1 heterocycles. The van der Waals surface area contributed by atoms with Gasteiger partial charge in [-0.2, -0.15) is 0 Å². The van der Waals surface area contributed by atoms with Crippen molar-refractivity contribution in [1.29, 1.82) is 0 Å². The van der Waals surface area contributed by atoms with Gasteiger partial charge in [-0.3, -0.25) is 0 Å². The number of rotatable bonds is 4. The van der Waals surface area contributed by atoms with Gasteiger partial charge in [-0.05, 0) is 45.5 Å². The summed E-state index contributed by atoms with van der Waals surface area (Å²) < 4.78 is 0. The van der Waals surface area contributed by atoms with E-state index in [9.17, 15) is 5.11 Å². The average molecular weight is 248 g/mol. The van der Waals surface area contributed by atoms with Gasteiger partial charge in [0.25, 0.3) is 0 Å². The summed E-state index contributed by atoms with van der Waals surface area (Å²) in [5.74, 6) is 0.407. The summed E-state index contributed by atoms with van der Waals surface area (Å²) in [5, 5.41) is 13.6. The van der Waals surface area contributed by atoms with Gasteiger partial charge < -0.3 is 15.3 Å². The van der Waals surface area contributed by atoms with Crippen molar-refractivity contribution in [1.82, 2.24) is 10.2 Å². The van der Waals surface area contributed by atoms with Crippen molar-refractivity contribution in [2.24, 2.45) is 0 Å². The highest BCUT2D eigenvalue weighted by Crippen LogP contribution is 2.27. The third-order valence-electron chi connectivity index (χ3n) is 3.88. The summed E-state index contributed by atoms with van der Waals surface area (Å²) >= 11 is 0. The molecule has 2 N–H and O–H groups in total. The smallest absolute Gasteiger partial charge is 0.120 e. The van der Waals surface area contributed by atoms with E-state index in [1.807, 2.05) is 18.2 Å². The highest BCUT2D eigenvalue weighted by Gasteiger charge is 2.21. The molecule has 0 saturated carbocycles. The Morgan fingerprint density at radius 1 is 1.33 bits per heavy atom. The number of para-hydroxylation sites is 1. The number of hydrogen-bond donors (Lipinski definition) is 2. The van der Waals surface area contributed by atoms with Gasteiger partial charge in [-0.15, -0.1) is 0 Å². The molecule has 1 saturated heterocycles. The zero-order valence-corrected chi connectivity index (χ0v) is 11.4. The molecule has 1 atom stereocenters. The molecule has 1 fully saturated rings. The first-order valence-corrected chi connectivity index (χ1v) is 6.93. The summed E-state index contributed by atoms with van der Waals surface area (Å²) in [6.07, 6.45) is 3.39. The van der Waals surface area contributed by atoms with Gasteiger partial charge in [0.2, 0.25) is 0 Å². The molecule has 0 amide bonds. The lowest BCUT2D eigenvalue weighted by atomic mass is 9.99. The first-order chi connectivity index (χ1) is 8.70. The Morgan fingerprint density at radius 2 is 2.00 bits per heavy atom. The van der Waals surface area contributed by atoms with Gasteiger partial charge in [-0.25, -0.2) is 0 Å². The summed E-state index contributed by atoms with van der Waals surface area (Å²) in [6.45, 7) is 4.49. The number of piperidine rings is 1. The number of nitrogens with zero attached hydrogens (tertiary/aromatic N) is 1. The second kappa shape index (κ2) is 6.21. The average Bonchev–Trinajstić information content (AvgIpc) is 2.39. The van der Waals surface area contributed by atoms with Crippen molar-refractivity contribution < 1.29 is 5.11 Å². The fourth-order valence-electron chi connectivity index (χ4n) is 2.67. The molecular weight excluding hydrogens is 224 g/mol. The zero-order chi connectivity index (χ0) is 13.0. The van der Waals surface area contributed by atoms with E-state index in [1.54, 1.807) is 6.07 Å². The standard InChI is InChI=1S/C15H24N2O/c1-3-14(13-6-4-5-7-15(13)18)16-12-8-10-17(2)11-9-12/h4-7,12,14,16,18H,3,8-11H2,1-2H3. The summed E-state index contributed by atoms with van der Waals surface area (Å²) in [5.41, 5.74) is 1.03. The maximum atomic E-state index is 9.94. The van der Waals surface area contributed by atoms with Crippen molar-refractivity contribution in [3.8, 4) is 5.75 Å². The normalized spacial score (nSPS) is 19.9. The van der Waals surface area contributed by atoms with Crippen LogP contribution in [0.4, 0.5) is 0 Å². The molecule has 0 spiro atoms. The van der Waals surface area contributed by atoms with Gasteiger partial charge >= 0.3 is 0 Å². The molecule has 0 bridgehead atoms. The molecule has 1 aliphatic heterocycles. The fraction of sp³-hybridized carbons (Fsp3) is 0.600. The predicted molar refractivity (Wildman–Crippen MR) is 74.8 cm³/mol. The molecular formula is C15H24N2O. The van der Waals surface area contributed by atoms with E-state index < -0.39 is 0 Å². The molecule has 1 aliphatic rings. The summed E-state index contributed by atoms with van der Waals surface area (Å²) in [6, 6.07) is 8.50. The van der Waals surface area contributed by atoms with Crippen molar-refractivity contribution >= 4 is 0 Å². The predicted octanol–water partition coefficient (Wildman–Crippen LogP) is 2.53. The van der Waals surface area contributed by atoms with E-state index >= 15 is 0 Å². The van der Waals surface area contributed by atoms with Crippen LogP contribution in [0.15, 0.2) is 24.3 Å². The molecule has 0 aromatic heterocycles. The van der Waals surface area contributed by atoms with E-state index in [1.165, 1.54) is 12.8 Å². The Bertz CT molecular complexity index is 373. The van der Waals surface area contributed by atoms with Crippen LogP contribution in [0.5, 0.6) is 5.75 Å². The SMILES string of the molecule is CCC(NC1CCN(C)CC1)c1ccccc1O. The van der Waals surface area contributed by atoms with Crippen LogP contribution in [-0.2, 0) is 0 Å². The molecule has 2 rings (SSSR count). The molecule has 0 aliphatic carbocycles. The summed E-state index contributed by atoms with van der Waals surface area (Å²) in [7, 11) is 2.18. The van der Waals surface area contributed by atoms with Crippen molar-refractivity contribution in [3.05, 3.63) is 29.8 Å². The topological polar surface area (TPSA) is 35.5 Å². The molecule has 3 heteroatoms. The minimum atomic E-state index is 0.264. The molecule has 1 aromatic carbocycles. The lowest BCUT2D eigenvalue weighted by molar-refractivity contribution is 0.222. The Hall–Kier alpha value is -1.06. The second-order valence-electron chi connectivity index (χ2n) is 5.26. The quantitative estimate of drug-likeness (QED) is 0.859. The van der Waals surface area contributed by atoms with Crippen LogP contribution in [-0.4, -0.2) is 36.2 Å². The second-order valence-corrected chi connectivity index (χ2v) is 5.26. The monoisotopic (exact) mass is 248 g/mol. The van der Waals surface area contributed by atoms with Gasteiger partial charge in [0.05, 0.1) is 0 Å². The number of nitrogens with one attached hydrogen (secondary N) is 1. The molecule has 18 heavy (non-hydrogen) atoms. The zero-order valence-electron chi connectivity index (χ0n) is 11.4. The van der Waals surface area contributed by atoms with Crippen molar-refractivity contribution in [3.63, 3.8) is 0 Å². The van der Waals surface area contributed by atoms with Crippen LogP contribution in [0.1, 0.15) is 37.8 Å². The molecule has 100 valence electrons. The maximum absolute atomic E-state index is 9.94. The lowest BCUT2D eigenvalue weighted by Gasteiger charge is -2.32. The van der Waals surface area contributed by atoms with Gasteiger partial charge in [0.15, 0.2) is 0 Å². The van der Waals surface area contributed by atoms with Crippen LogP contribution >= 0.6 is 0 Å². The van der Waals surface area contributed by atoms with Gasteiger partial charge in [-0.1, -0.05) is 25.1 Å². The minimum absolute atomic E-state index is 0.264. The Kier molecular flexibility index (Phi) is 4.61. The Balaban J connectivity index is 1.99. The van der Waals surface area contributed by atoms with E-state index in [2.05, 4.69) is 24.2 Å². The third-order valence-corrected chi connectivity index (χ3v) is 3.88.